The number of amides is 1. The molecule has 96 valence electrons. The van der Waals surface area contributed by atoms with E-state index in [9.17, 15) is 4.79 Å². The molecule has 1 amide bonds. The van der Waals surface area contributed by atoms with Crippen molar-refractivity contribution < 1.29 is 4.79 Å². The highest BCUT2D eigenvalue weighted by Gasteiger charge is 2.45. The molecular weight excluding hydrogens is 234 g/mol. The van der Waals surface area contributed by atoms with Gasteiger partial charge in [-0.25, -0.2) is 0 Å². The average Bonchev–Trinajstić information content (AvgIpc) is 3.21. The molecule has 0 aliphatic heterocycles. The lowest BCUT2D eigenvalue weighted by Gasteiger charge is -2.18. The van der Waals surface area contributed by atoms with Crippen LogP contribution in [0.1, 0.15) is 24.0 Å². The van der Waals surface area contributed by atoms with Crippen molar-refractivity contribution in [3.05, 3.63) is 71.8 Å². The lowest BCUT2D eigenvalue weighted by atomic mass is 10.0. The van der Waals surface area contributed by atoms with Crippen molar-refractivity contribution in [1.29, 1.82) is 0 Å². The Hall–Kier alpha value is -2.09. The van der Waals surface area contributed by atoms with E-state index in [0.717, 1.165) is 18.4 Å². The second kappa shape index (κ2) is 4.88. The third-order valence-electron chi connectivity index (χ3n) is 3.66. The average molecular weight is 251 g/mol. The number of nitrogens with one attached hydrogen (secondary N) is 1. The maximum absolute atomic E-state index is 12.1. The van der Waals surface area contributed by atoms with Crippen molar-refractivity contribution in [3.63, 3.8) is 0 Å². The van der Waals surface area contributed by atoms with Gasteiger partial charge in [-0.3, -0.25) is 4.79 Å². The van der Waals surface area contributed by atoms with Crippen LogP contribution in [0.15, 0.2) is 60.7 Å². The minimum Gasteiger partial charge on any atom is -0.346 e. The second-order valence-corrected chi connectivity index (χ2v) is 5.16. The third kappa shape index (κ3) is 2.68. The first kappa shape index (κ1) is 12.0. The molecule has 19 heavy (non-hydrogen) atoms. The highest BCUT2D eigenvalue weighted by molar-refractivity contribution is 5.80. The number of rotatable bonds is 4. The number of hydrogen-bond acceptors (Lipinski definition) is 1. The zero-order valence-electron chi connectivity index (χ0n) is 10.8. The molecule has 0 spiro atoms. The van der Waals surface area contributed by atoms with Crippen molar-refractivity contribution in [1.82, 2.24) is 5.32 Å². The fourth-order valence-electron chi connectivity index (χ4n) is 2.46. The quantitative estimate of drug-likeness (QED) is 0.889. The van der Waals surface area contributed by atoms with Crippen LogP contribution in [0.2, 0.25) is 0 Å². The Morgan fingerprint density at radius 3 is 2.11 bits per heavy atom. The van der Waals surface area contributed by atoms with Crippen LogP contribution in [0.25, 0.3) is 0 Å². The minimum atomic E-state index is -0.104. The fraction of sp³-hybridized carbons (Fsp3) is 0.235. The van der Waals surface area contributed by atoms with Gasteiger partial charge in [0.1, 0.15) is 0 Å². The van der Waals surface area contributed by atoms with E-state index in [1.165, 1.54) is 5.56 Å². The Morgan fingerprint density at radius 2 is 1.53 bits per heavy atom. The smallest absolute Gasteiger partial charge is 0.225 e. The van der Waals surface area contributed by atoms with Crippen molar-refractivity contribution in [2.45, 2.75) is 24.8 Å². The van der Waals surface area contributed by atoms with Crippen LogP contribution in [0, 0.1) is 0 Å². The molecule has 0 atom stereocenters. The van der Waals surface area contributed by atoms with E-state index in [-0.39, 0.29) is 11.4 Å². The summed E-state index contributed by atoms with van der Waals surface area (Å²) in [6, 6.07) is 20.1. The molecule has 3 rings (SSSR count). The summed E-state index contributed by atoms with van der Waals surface area (Å²) in [7, 11) is 0. The molecular formula is C17H17NO. The number of carbonyl (C=O) groups excluding carboxylic acids is 1. The fourth-order valence-corrected chi connectivity index (χ4v) is 2.46. The Labute approximate surface area is 113 Å². The highest BCUT2D eigenvalue weighted by atomic mass is 16.1. The van der Waals surface area contributed by atoms with Gasteiger partial charge in [0.05, 0.1) is 12.0 Å². The lowest BCUT2D eigenvalue weighted by Crippen LogP contribution is -2.35. The first-order valence-electron chi connectivity index (χ1n) is 6.69. The van der Waals surface area contributed by atoms with Crippen LogP contribution in [-0.2, 0) is 16.8 Å². The standard InChI is InChI=1S/C17H17NO/c19-16(13-14-7-3-1-4-8-14)18-17(11-12-17)15-9-5-2-6-10-15/h1-10H,11-13H2,(H,18,19). The molecule has 0 saturated heterocycles. The van der Waals surface area contributed by atoms with Crippen LogP contribution in [0.3, 0.4) is 0 Å². The zero-order valence-corrected chi connectivity index (χ0v) is 10.8. The van der Waals surface area contributed by atoms with Gasteiger partial charge in [0, 0.05) is 0 Å². The first-order chi connectivity index (χ1) is 9.28. The van der Waals surface area contributed by atoms with Crippen LogP contribution >= 0.6 is 0 Å². The Kier molecular flexibility index (Phi) is 3.08. The second-order valence-electron chi connectivity index (χ2n) is 5.16. The van der Waals surface area contributed by atoms with Gasteiger partial charge in [0.2, 0.25) is 5.91 Å². The summed E-state index contributed by atoms with van der Waals surface area (Å²) >= 11 is 0. The molecule has 2 aromatic carbocycles. The maximum atomic E-state index is 12.1. The summed E-state index contributed by atoms with van der Waals surface area (Å²) in [6.07, 6.45) is 2.53. The maximum Gasteiger partial charge on any atom is 0.225 e. The molecule has 1 saturated carbocycles. The number of benzene rings is 2. The summed E-state index contributed by atoms with van der Waals surface area (Å²) < 4.78 is 0. The Morgan fingerprint density at radius 1 is 0.947 bits per heavy atom. The molecule has 1 N–H and O–H groups in total. The van der Waals surface area contributed by atoms with Crippen LogP contribution < -0.4 is 5.32 Å². The van der Waals surface area contributed by atoms with Gasteiger partial charge in [0.15, 0.2) is 0 Å². The summed E-state index contributed by atoms with van der Waals surface area (Å²) in [4.78, 5) is 12.1. The van der Waals surface area contributed by atoms with E-state index in [1.54, 1.807) is 0 Å². The van der Waals surface area contributed by atoms with Gasteiger partial charge in [-0.2, -0.15) is 0 Å². The molecule has 0 unspecified atom stereocenters. The van der Waals surface area contributed by atoms with Gasteiger partial charge >= 0.3 is 0 Å². The molecule has 2 nitrogen and oxygen atoms in total. The molecule has 0 radical (unpaired) electrons. The molecule has 1 fully saturated rings. The van der Waals surface area contributed by atoms with Gasteiger partial charge in [-0.15, -0.1) is 0 Å². The van der Waals surface area contributed by atoms with Crippen molar-refractivity contribution in [3.8, 4) is 0 Å². The summed E-state index contributed by atoms with van der Waals surface area (Å²) in [6.45, 7) is 0. The molecule has 1 aliphatic carbocycles. The van der Waals surface area contributed by atoms with Crippen LogP contribution in [-0.4, -0.2) is 5.91 Å². The summed E-state index contributed by atoms with van der Waals surface area (Å²) in [5.74, 6) is 0.104. The SMILES string of the molecule is O=C(Cc1ccccc1)NC1(c2ccccc2)CC1. The van der Waals surface area contributed by atoms with Gasteiger partial charge in [-0.05, 0) is 24.0 Å². The minimum absolute atomic E-state index is 0.104. The van der Waals surface area contributed by atoms with E-state index in [4.69, 9.17) is 0 Å². The predicted octanol–water partition coefficient (Wildman–Crippen LogP) is 3.03. The van der Waals surface area contributed by atoms with Crippen LogP contribution in [0.4, 0.5) is 0 Å². The summed E-state index contributed by atoms with van der Waals surface area (Å²) in [5.41, 5.74) is 2.17. The van der Waals surface area contributed by atoms with E-state index in [0.29, 0.717) is 6.42 Å². The largest absolute Gasteiger partial charge is 0.346 e. The molecule has 2 heteroatoms. The van der Waals surface area contributed by atoms with Gasteiger partial charge in [0.25, 0.3) is 0 Å². The number of hydrogen-bond donors (Lipinski definition) is 1. The monoisotopic (exact) mass is 251 g/mol. The molecule has 2 aromatic rings. The van der Waals surface area contributed by atoms with E-state index >= 15 is 0 Å². The van der Waals surface area contributed by atoms with E-state index in [2.05, 4.69) is 17.4 Å². The lowest BCUT2D eigenvalue weighted by molar-refractivity contribution is -0.121. The van der Waals surface area contributed by atoms with Gasteiger partial charge in [-0.1, -0.05) is 60.7 Å². The molecule has 0 bridgehead atoms. The Balaban J connectivity index is 1.67. The van der Waals surface area contributed by atoms with Crippen molar-refractivity contribution in [2.75, 3.05) is 0 Å². The van der Waals surface area contributed by atoms with Crippen molar-refractivity contribution in [2.24, 2.45) is 0 Å². The zero-order chi connectivity index (χ0) is 13.1. The molecule has 0 aromatic heterocycles. The molecule has 1 aliphatic rings. The number of carbonyl (C=O) groups is 1. The predicted molar refractivity (Wildman–Crippen MR) is 75.6 cm³/mol. The molecule has 0 heterocycles. The normalized spacial score (nSPS) is 15.8. The highest BCUT2D eigenvalue weighted by Crippen LogP contribution is 2.45. The first-order valence-corrected chi connectivity index (χ1v) is 6.69. The van der Waals surface area contributed by atoms with E-state index < -0.39 is 0 Å². The van der Waals surface area contributed by atoms with Crippen molar-refractivity contribution >= 4 is 5.91 Å². The van der Waals surface area contributed by atoms with Crippen LogP contribution in [0.5, 0.6) is 0 Å². The summed E-state index contributed by atoms with van der Waals surface area (Å²) in [5, 5.41) is 3.19. The van der Waals surface area contributed by atoms with Gasteiger partial charge < -0.3 is 5.32 Å². The Bertz CT molecular complexity index is 558. The topological polar surface area (TPSA) is 29.1 Å². The third-order valence-corrected chi connectivity index (χ3v) is 3.66. The van der Waals surface area contributed by atoms with E-state index in [1.807, 2.05) is 48.5 Å².